The number of hydrogen-bond donors (Lipinski definition) is 1. The molecule has 0 saturated heterocycles. The van der Waals surface area contributed by atoms with Gasteiger partial charge in [-0.15, -0.1) is 0 Å². The Labute approximate surface area is 166 Å². The molecule has 10 heteroatoms. The van der Waals surface area contributed by atoms with E-state index in [4.69, 9.17) is 23.7 Å². The normalized spacial score (nSPS) is 12.9. The quantitative estimate of drug-likeness (QED) is 0.297. The van der Waals surface area contributed by atoms with E-state index in [1.54, 1.807) is 41.5 Å². The van der Waals surface area contributed by atoms with Crippen LogP contribution in [-0.2, 0) is 28.5 Å². The van der Waals surface area contributed by atoms with Crippen LogP contribution in [0.25, 0.3) is 0 Å². The Balaban J connectivity index is 5.64. The Morgan fingerprint density at radius 1 is 0.857 bits per heavy atom. The zero-order chi connectivity index (χ0) is 22.1. The maximum Gasteiger partial charge on any atom is 0.430 e. The molecule has 0 saturated carbocycles. The maximum absolute atomic E-state index is 12.7. The summed E-state index contributed by atoms with van der Waals surface area (Å²) in [6, 6.07) is -1.18. The Hall–Kier alpha value is -2.07. The Morgan fingerprint density at radius 2 is 1.36 bits per heavy atom. The first-order chi connectivity index (χ1) is 12.7. The lowest BCUT2D eigenvalue weighted by molar-refractivity contribution is -0.150. The first-order valence-corrected chi connectivity index (χ1v) is 8.89. The van der Waals surface area contributed by atoms with Crippen LogP contribution in [-0.4, -0.2) is 68.0 Å². The molecule has 0 aliphatic rings. The standard InChI is InChI=1S/C18H34N2O8/c1-17(2,3)27-15(22)19-20(16(23)28-18(4,5)6)12(14(21)26-9)10-11-13(24-7)25-8/h12-13H,10-11H2,1-9H3,(H,19,22)/t12-/m1/s1. The number of ether oxygens (including phenoxy) is 5. The zero-order valence-electron chi connectivity index (χ0n) is 18.3. The summed E-state index contributed by atoms with van der Waals surface area (Å²) < 4.78 is 25.5. The number of esters is 1. The van der Waals surface area contributed by atoms with Gasteiger partial charge in [-0.3, -0.25) is 0 Å². The number of nitrogens with zero attached hydrogens (tertiary/aromatic N) is 1. The summed E-state index contributed by atoms with van der Waals surface area (Å²) in [5, 5.41) is 0.771. The van der Waals surface area contributed by atoms with Crippen molar-refractivity contribution in [2.75, 3.05) is 21.3 Å². The van der Waals surface area contributed by atoms with E-state index in [9.17, 15) is 14.4 Å². The molecule has 0 heterocycles. The number of nitrogens with one attached hydrogen (secondary N) is 1. The molecule has 164 valence electrons. The van der Waals surface area contributed by atoms with E-state index in [0.29, 0.717) is 0 Å². The van der Waals surface area contributed by atoms with Gasteiger partial charge in [-0.1, -0.05) is 0 Å². The van der Waals surface area contributed by atoms with Gasteiger partial charge in [0.15, 0.2) is 12.3 Å². The summed E-state index contributed by atoms with van der Waals surface area (Å²) >= 11 is 0. The molecule has 0 aromatic heterocycles. The summed E-state index contributed by atoms with van der Waals surface area (Å²) in [6.07, 6.45) is -2.12. The molecule has 0 fully saturated rings. The molecule has 1 N–H and O–H groups in total. The van der Waals surface area contributed by atoms with Crippen LogP contribution in [0.5, 0.6) is 0 Å². The number of hydrogen-bond acceptors (Lipinski definition) is 8. The van der Waals surface area contributed by atoms with Crippen LogP contribution in [0.1, 0.15) is 54.4 Å². The zero-order valence-corrected chi connectivity index (χ0v) is 18.3. The molecule has 0 radical (unpaired) electrons. The van der Waals surface area contributed by atoms with Crippen molar-refractivity contribution >= 4 is 18.2 Å². The van der Waals surface area contributed by atoms with Crippen molar-refractivity contribution < 1.29 is 38.1 Å². The molecule has 0 aliphatic carbocycles. The number of carbonyl (C=O) groups excluding carboxylic acids is 3. The molecular formula is C18H34N2O8. The average Bonchev–Trinajstić information content (AvgIpc) is 2.53. The van der Waals surface area contributed by atoms with E-state index in [0.717, 1.165) is 5.01 Å². The fourth-order valence-electron chi connectivity index (χ4n) is 2.08. The van der Waals surface area contributed by atoms with E-state index in [2.05, 4.69) is 5.43 Å². The van der Waals surface area contributed by atoms with Crippen LogP contribution in [0.15, 0.2) is 0 Å². The predicted molar refractivity (Wildman–Crippen MR) is 100 cm³/mol. The highest BCUT2D eigenvalue weighted by Gasteiger charge is 2.36. The number of carbonyl (C=O) groups is 3. The largest absolute Gasteiger partial charge is 0.467 e. The van der Waals surface area contributed by atoms with Crippen molar-refractivity contribution in [2.24, 2.45) is 0 Å². The SMILES string of the molecule is COC(=O)[C@@H](CCC(OC)OC)N(NC(=O)OC(C)(C)C)C(=O)OC(C)(C)C. The smallest absolute Gasteiger partial charge is 0.430 e. The van der Waals surface area contributed by atoms with Crippen LogP contribution >= 0.6 is 0 Å². The Bertz CT molecular complexity index is 521. The highest BCUT2D eigenvalue weighted by Crippen LogP contribution is 2.17. The second kappa shape index (κ2) is 11.1. The van der Waals surface area contributed by atoms with Gasteiger partial charge in [0.2, 0.25) is 0 Å². The van der Waals surface area contributed by atoms with E-state index in [1.165, 1.54) is 21.3 Å². The van der Waals surface area contributed by atoms with Gasteiger partial charge in [0.1, 0.15) is 11.2 Å². The third-order valence-corrected chi connectivity index (χ3v) is 3.19. The molecule has 0 aromatic rings. The third-order valence-electron chi connectivity index (χ3n) is 3.19. The monoisotopic (exact) mass is 406 g/mol. The lowest BCUT2D eigenvalue weighted by atomic mass is 10.1. The molecule has 0 aliphatic heterocycles. The van der Waals surface area contributed by atoms with Gasteiger partial charge in [0.25, 0.3) is 0 Å². The van der Waals surface area contributed by atoms with Gasteiger partial charge in [-0.2, -0.15) is 0 Å². The maximum atomic E-state index is 12.7. The molecule has 28 heavy (non-hydrogen) atoms. The van der Waals surface area contributed by atoms with Crippen LogP contribution in [0.4, 0.5) is 9.59 Å². The van der Waals surface area contributed by atoms with Gasteiger partial charge in [0.05, 0.1) is 7.11 Å². The molecule has 0 aromatic carbocycles. The second-order valence-corrected chi connectivity index (χ2v) is 7.98. The van der Waals surface area contributed by atoms with Gasteiger partial charge >= 0.3 is 18.2 Å². The van der Waals surface area contributed by atoms with E-state index < -0.39 is 41.7 Å². The van der Waals surface area contributed by atoms with E-state index in [1.807, 2.05) is 0 Å². The Morgan fingerprint density at radius 3 is 1.75 bits per heavy atom. The number of hydrazine groups is 1. The van der Waals surface area contributed by atoms with Crippen molar-refractivity contribution in [1.29, 1.82) is 0 Å². The van der Waals surface area contributed by atoms with Crippen molar-refractivity contribution in [3.63, 3.8) is 0 Å². The van der Waals surface area contributed by atoms with Gasteiger partial charge < -0.3 is 23.7 Å². The highest BCUT2D eigenvalue weighted by molar-refractivity contribution is 5.83. The van der Waals surface area contributed by atoms with Crippen molar-refractivity contribution in [3.8, 4) is 0 Å². The number of methoxy groups -OCH3 is 3. The van der Waals surface area contributed by atoms with E-state index >= 15 is 0 Å². The van der Waals surface area contributed by atoms with Crippen LogP contribution in [0, 0.1) is 0 Å². The molecule has 0 rings (SSSR count). The highest BCUT2D eigenvalue weighted by atomic mass is 16.7. The molecule has 0 unspecified atom stereocenters. The van der Waals surface area contributed by atoms with Crippen molar-refractivity contribution in [3.05, 3.63) is 0 Å². The lowest BCUT2D eigenvalue weighted by Gasteiger charge is -2.33. The minimum atomic E-state index is -1.18. The van der Waals surface area contributed by atoms with Gasteiger partial charge in [-0.25, -0.2) is 24.8 Å². The molecule has 10 nitrogen and oxygen atoms in total. The number of amides is 2. The molecule has 0 spiro atoms. The van der Waals surface area contributed by atoms with Crippen LogP contribution in [0.2, 0.25) is 0 Å². The van der Waals surface area contributed by atoms with Crippen LogP contribution < -0.4 is 5.43 Å². The van der Waals surface area contributed by atoms with Gasteiger partial charge in [0, 0.05) is 20.6 Å². The van der Waals surface area contributed by atoms with Crippen LogP contribution in [0.3, 0.4) is 0 Å². The molecule has 2 amide bonds. The second-order valence-electron chi connectivity index (χ2n) is 7.98. The fraction of sp³-hybridized carbons (Fsp3) is 0.833. The molecule has 0 bridgehead atoms. The van der Waals surface area contributed by atoms with Crippen molar-refractivity contribution in [1.82, 2.24) is 10.4 Å². The van der Waals surface area contributed by atoms with Crippen molar-refractivity contribution in [2.45, 2.75) is 77.9 Å². The Kier molecular flexibility index (Phi) is 10.2. The summed E-state index contributed by atoms with van der Waals surface area (Å²) in [7, 11) is 4.08. The summed E-state index contributed by atoms with van der Waals surface area (Å²) in [5.74, 6) is -0.743. The lowest BCUT2D eigenvalue weighted by Crippen LogP contribution is -2.57. The average molecular weight is 406 g/mol. The summed E-state index contributed by atoms with van der Waals surface area (Å²) in [4.78, 5) is 37.2. The topological polar surface area (TPSA) is 113 Å². The summed E-state index contributed by atoms with van der Waals surface area (Å²) in [6.45, 7) is 10.00. The molecular weight excluding hydrogens is 372 g/mol. The first-order valence-electron chi connectivity index (χ1n) is 8.89. The molecule has 1 atom stereocenters. The predicted octanol–water partition coefficient (Wildman–Crippen LogP) is 2.60. The first kappa shape index (κ1) is 25.9. The van der Waals surface area contributed by atoms with Gasteiger partial charge in [-0.05, 0) is 48.0 Å². The van der Waals surface area contributed by atoms with E-state index in [-0.39, 0.29) is 12.8 Å². The third kappa shape index (κ3) is 10.3. The minimum absolute atomic E-state index is 0.0774. The summed E-state index contributed by atoms with van der Waals surface area (Å²) in [5.41, 5.74) is 0.628. The number of rotatable bonds is 7. The minimum Gasteiger partial charge on any atom is -0.467 e. The fourth-order valence-corrected chi connectivity index (χ4v) is 2.08.